The number of nitrogens with zero attached hydrogens (tertiary/aromatic N) is 3. The second-order valence-electron chi connectivity index (χ2n) is 7.16. The molecule has 1 aromatic carbocycles. The fraction of sp³-hybridized carbons (Fsp3) is 0.429. The molecule has 2 aromatic rings. The predicted octanol–water partition coefficient (Wildman–Crippen LogP) is 3.42. The molecule has 9 nitrogen and oxygen atoms in total. The van der Waals surface area contributed by atoms with E-state index in [9.17, 15) is 14.4 Å². The second-order valence-corrected chi connectivity index (χ2v) is 8.04. The van der Waals surface area contributed by atoms with Gasteiger partial charge in [-0.1, -0.05) is 23.2 Å². The van der Waals surface area contributed by atoms with Gasteiger partial charge in [-0.05, 0) is 43.2 Å². The number of carbonyl (C=O) groups is 3. The van der Waals surface area contributed by atoms with Crippen LogP contribution < -0.4 is 5.32 Å². The second kappa shape index (κ2) is 11.2. The monoisotopic (exact) mass is 482 g/mol. The van der Waals surface area contributed by atoms with Crippen LogP contribution in [0, 0.1) is 0 Å². The number of halogens is 2. The van der Waals surface area contributed by atoms with Gasteiger partial charge in [0.25, 0.3) is 5.91 Å². The lowest BCUT2D eigenvalue weighted by atomic mass is 10.2. The summed E-state index contributed by atoms with van der Waals surface area (Å²) in [4.78, 5) is 37.9. The van der Waals surface area contributed by atoms with Crippen LogP contribution in [0.5, 0.6) is 0 Å². The van der Waals surface area contributed by atoms with Crippen molar-refractivity contribution in [1.82, 2.24) is 20.0 Å². The first-order valence-electron chi connectivity index (χ1n) is 10.2. The summed E-state index contributed by atoms with van der Waals surface area (Å²) in [7, 11) is 0. The molecule has 0 fully saturated rings. The summed E-state index contributed by atoms with van der Waals surface area (Å²) in [5.74, 6) is -0.760. The standard InChI is InChI=1S/C21H24Cl2N4O5/c1-2-31-19(28)4-5-24-20(29)18-11-17-12-26(6-3-7-27(17)25-18)21(30)32-13-14-8-15(22)10-16(23)9-14/h8-11H,2-7,12-13H2,1H3,(H,24,29). The number of hydrogen-bond acceptors (Lipinski definition) is 6. The lowest BCUT2D eigenvalue weighted by molar-refractivity contribution is -0.142. The van der Waals surface area contributed by atoms with E-state index in [0.29, 0.717) is 41.7 Å². The third-order valence-electron chi connectivity index (χ3n) is 4.71. The van der Waals surface area contributed by atoms with Crippen molar-refractivity contribution in [3.8, 4) is 0 Å². The van der Waals surface area contributed by atoms with Crippen LogP contribution in [0.4, 0.5) is 4.79 Å². The van der Waals surface area contributed by atoms with E-state index in [1.54, 1.807) is 40.8 Å². The first-order chi connectivity index (χ1) is 15.4. The van der Waals surface area contributed by atoms with Crippen molar-refractivity contribution in [2.24, 2.45) is 0 Å². The van der Waals surface area contributed by atoms with Gasteiger partial charge < -0.3 is 19.7 Å². The van der Waals surface area contributed by atoms with E-state index in [0.717, 1.165) is 5.69 Å². The van der Waals surface area contributed by atoms with Crippen LogP contribution in [-0.4, -0.2) is 52.3 Å². The average molecular weight is 483 g/mol. The zero-order valence-electron chi connectivity index (χ0n) is 17.6. The molecular formula is C21H24Cl2N4O5. The average Bonchev–Trinajstić information content (AvgIpc) is 3.03. The van der Waals surface area contributed by atoms with Gasteiger partial charge >= 0.3 is 12.1 Å². The SMILES string of the molecule is CCOC(=O)CCNC(=O)c1cc2n(n1)CCCN(C(=O)OCc1cc(Cl)cc(Cl)c1)C2. The van der Waals surface area contributed by atoms with E-state index in [4.69, 9.17) is 32.7 Å². The molecule has 0 atom stereocenters. The summed E-state index contributed by atoms with van der Waals surface area (Å²) in [6, 6.07) is 6.62. The minimum absolute atomic E-state index is 0.0446. The highest BCUT2D eigenvalue weighted by atomic mass is 35.5. The Balaban J connectivity index is 1.56. The number of ether oxygens (including phenoxy) is 2. The van der Waals surface area contributed by atoms with Crippen molar-refractivity contribution < 1.29 is 23.9 Å². The van der Waals surface area contributed by atoms with Crippen LogP contribution in [-0.2, 0) is 34.0 Å². The van der Waals surface area contributed by atoms with Gasteiger partial charge in [0, 0.05) is 29.7 Å². The minimum atomic E-state index is -0.476. The van der Waals surface area contributed by atoms with Gasteiger partial charge in [-0.2, -0.15) is 5.10 Å². The molecule has 0 saturated carbocycles. The number of fused-ring (bicyclic) bond motifs is 1. The van der Waals surface area contributed by atoms with Crippen molar-refractivity contribution in [3.63, 3.8) is 0 Å². The maximum atomic E-state index is 12.6. The third kappa shape index (κ3) is 6.61. The number of benzene rings is 1. The zero-order chi connectivity index (χ0) is 23.1. The van der Waals surface area contributed by atoms with Gasteiger partial charge in [0.05, 0.1) is 25.3 Å². The maximum absolute atomic E-state index is 12.6. The molecule has 1 N–H and O–H groups in total. The topological polar surface area (TPSA) is 103 Å². The molecule has 0 aliphatic carbocycles. The molecule has 0 bridgehead atoms. The van der Waals surface area contributed by atoms with E-state index in [1.807, 2.05) is 0 Å². The highest BCUT2D eigenvalue weighted by Gasteiger charge is 2.23. The number of rotatable bonds is 7. The van der Waals surface area contributed by atoms with Crippen molar-refractivity contribution >= 4 is 41.2 Å². The van der Waals surface area contributed by atoms with Gasteiger partial charge in [-0.3, -0.25) is 14.3 Å². The molecule has 1 aliphatic heterocycles. The molecule has 2 heterocycles. The van der Waals surface area contributed by atoms with E-state index >= 15 is 0 Å². The first-order valence-corrected chi connectivity index (χ1v) is 11.0. The van der Waals surface area contributed by atoms with E-state index < -0.39 is 6.09 Å². The van der Waals surface area contributed by atoms with Crippen molar-refractivity contribution in [2.75, 3.05) is 19.7 Å². The lowest BCUT2D eigenvalue weighted by Gasteiger charge is -2.19. The molecule has 32 heavy (non-hydrogen) atoms. The van der Waals surface area contributed by atoms with Crippen LogP contribution in [0.15, 0.2) is 24.3 Å². The molecular weight excluding hydrogens is 459 g/mol. The molecule has 11 heteroatoms. The highest BCUT2D eigenvalue weighted by Crippen LogP contribution is 2.20. The summed E-state index contributed by atoms with van der Waals surface area (Å²) in [6.07, 6.45) is 0.276. The Morgan fingerprint density at radius 3 is 2.56 bits per heavy atom. The number of aromatic nitrogens is 2. The van der Waals surface area contributed by atoms with Gasteiger partial charge in [0.2, 0.25) is 0 Å². The quantitative estimate of drug-likeness (QED) is 0.606. The number of carbonyl (C=O) groups excluding carboxylic acids is 3. The van der Waals surface area contributed by atoms with Gasteiger partial charge in [-0.25, -0.2) is 4.79 Å². The summed E-state index contributed by atoms with van der Waals surface area (Å²) in [5.41, 5.74) is 1.64. The normalized spacial score (nSPS) is 13.2. The molecule has 1 aliphatic rings. The number of hydrogen-bond donors (Lipinski definition) is 1. The molecule has 2 amide bonds. The predicted molar refractivity (Wildman–Crippen MR) is 117 cm³/mol. The van der Waals surface area contributed by atoms with E-state index in [1.165, 1.54) is 0 Å². The van der Waals surface area contributed by atoms with Crippen LogP contribution in [0.1, 0.15) is 41.5 Å². The fourth-order valence-corrected chi connectivity index (χ4v) is 3.83. The van der Waals surface area contributed by atoms with Crippen LogP contribution >= 0.6 is 23.2 Å². The Labute approximate surface area is 195 Å². The highest BCUT2D eigenvalue weighted by molar-refractivity contribution is 6.34. The lowest BCUT2D eigenvalue weighted by Crippen LogP contribution is -2.31. The molecule has 3 rings (SSSR count). The molecule has 0 radical (unpaired) electrons. The molecule has 0 saturated heterocycles. The Morgan fingerprint density at radius 2 is 1.84 bits per heavy atom. The number of aryl methyl sites for hydroxylation is 1. The smallest absolute Gasteiger partial charge is 0.410 e. The van der Waals surface area contributed by atoms with Crippen molar-refractivity contribution in [3.05, 3.63) is 51.3 Å². The molecule has 0 unspecified atom stereocenters. The maximum Gasteiger partial charge on any atom is 0.410 e. The Kier molecular flexibility index (Phi) is 8.35. The molecule has 1 aromatic heterocycles. The van der Waals surface area contributed by atoms with Crippen molar-refractivity contribution in [2.45, 2.75) is 39.5 Å². The van der Waals surface area contributed by atoms with Gasteiger partial charge in [0.15, 0.2) is 5.69 Å². The van der Waals surface area contributed by atoms with Gasteiger partial charge in [-0.15, -0.1) is 0 Å². The number of amides is 2. The van der Waals surface area contributed by atoms with E-state index in [2.05, 4.69) is 10.4 Å². The summed E-state index contributed by atoms with van der Waals surface area (Å²) in [6.45, 7) is 3.55. The summed E-state index contributed by atoms with van der Waals surface area (Å²) in [5, 5.41) is 7.92. The Bertz CT molecular complexity index is 974. The Morgan fingerprint density at radius 1 is 1.09 bits per heavy atom. The summed E-state index contributed by atoms with van der Waals surface area (Å²) < 4.78 is 12.0. The summed E-state index contributed by atoms with van der Waals surface area (Å²) >= 11 is 12.0. The van der Waals surface area contributed by atoms with Crippen molar-refractivity contribution in [1.29, 1.82) is 0 Å². The van der Waals surface area contributed by atoms with Crippen LogP contribution in [0.3, 0.4) is 0 Å². The van der Waals surface area contributed by atoms with E-state index in [-0.39, 0.29) is 43.7 Å². The molecule has 0 spiro atoms. The largest absolute Gasteiger partial charge is 0.466 e. The fourth-order valence-electron chi connectivity index (χ4n) is 3.26. The molecule has 172 valence electrons. The van der Waals surface area contributed by atoms with Crippen LogP contribution in [0.25, 0.3) is 0 Å². The third-order valence-corrected chi connectivity index (χ3v) is 5.15. The Hall–Kier alpha value is -2.78. The zero-order valence-corrected chi connectivity index (χ0v) is 19.1. The number of nitrogens with one attached hydrogen (secondary N) is 1. The van der Waals surface area contributed by atoms with Crippen LogP contribution in [0.2, 0.25) is 10.0 Å². The van der Waals surface area contributed by atoms with Gasteiger partial charge in [0.1, 0.15) is 6.61 Å². The number of esters is 1. The first kappa shape index (κ1) is 23.9. The minimum Gasteiger partial charge on any atom is -0.466 e.